The standard InChI is InChI=1S/C15H20N2O3S/c16-8-2-4-13-3-1-5-15(11-13)21(18,19)17-9-10-20-12-14-6-7-14/h1,3,5,11,14,17H,6-10,12,16H2. The van der Waals surface area contributed by atoms with Crippen molar-refractivity contribution in [1.29, 1.82) is 0 Å². The highest BCUT2D eigenvalue weighted by Crippen LogP contribution is 2.28. The molecule has 1 aliphatic rings. The van der Waals surface area contributed by atoms with Crippen molar-refractivity contribution in [3.63, 3.8) is 0 Å². The Labute approximate surface area is 125 Å². The number of rotatable bonds is 7. The molecule has 2 rings (SSSR count). The van der Waals surface area contributed by atoms with Crippen LogP contribution in [-0.2, 0) is 14.8 Å². The van der Waals surface area contributed by atoms with Gasteiger partial charge < -0.3 is 10.5 Å². The minimum absolute atomic E-state index is 0.202. The predicted molar refractivity (Wildman–Crippen MR) is 81.1 cm³/mol. The highest BCUT2D eigenvalue weighted by Gasteiger charge is 2.21. The van der Waals surface area contributed by atoms with E-state index >= 15 is 0 Å². The van der Waals surface area contributed by atoms with E-state index in [2.05, 4.69) is 16.6 Å². The Hall–Kier alpha value is -1.39. The molecule has 0 bridgehead atoms. The summed E-state index contributed by atoms with van der Waals surface area (Å²) < 4.78 is 32.2. The Morgan fingerprint density at radius 1 is 1.38 bits per heavy atom. The Bertz CT molecular complexity index is 628. The van der Waals surface area contributed by atoms with E-state index in [1.54, 1.807) is 18.2 Å². The van der Waals surface area contributed by atoms with Crippen LogP contribution in [0.15, 0.2) is 29.2 Å². The van der Waals surface area contributed by atoms with Crippen molar-refractivity contribution in [2.75, 3.05) is 26.3 Å². The first-order chi connectivity index (χ1) is 10.1. The number of hydrogen-bond donors (Lipinski definition) is 2. The van der Waals surface area contributed by atoms with Gasteiger partial charge >= 0.3 is 0 Å². The van der Waals surface area contributed by atoms with E-state index < -0.39 is 10.0 Å². The average molecular weight is 308 g/mol. The summed E-state index contributed by atoms with van der Waals surface area (Å²) in [6.07, 6.45) is 2.45. The number of nitrogens with one attached hydrogen (secondary N) is 1. The molecule has 0 aromatic heterocycles. The zero-order valence-electron chi connectivity index (χ0n) is 11.8. The SMILES string of the molecule is NCC#Cc1cccc(S(=O)(=O)NCCOCC2CC2)c1. The molecule has 6 heteroatoms. The van der Waals surface area contributed by atoms with Crippen LogP contribution in [0.4, 0.5) is 0 Å². The molecule has 114 valence electrons. The summed E-state index contributed by atoms with van der Waals surface area (Å²) in [6.45, 7) is 1.63. The predicted octanol–water partition coefficient (Wildman–Crippen LogP) is 0.702. The molecule has 1 saturated carbocycles. The summed E-state index contributed by atoms with van der Waals surface area (Å²) >= 11 is 0. The van der Waals surface area contributed by atoms with E-state index in [0.29, 0.717) is 18.1 Å². The monoisotopic (exact) mass is 308 g/mol. The van der Waals surface area contributed by atoms with Gasteiger partial charge in [0.15, 0.2) is 0 Å². The van der Waals surface area contributed by atoms with Crippen molar-refractivity contribution in [2.45, 2.75) is 17.7 Å². The summed E-state index contributed by atoms with van der Waals surface area (Å²) in [4.78, 5) is 0.202. The van der Waals surface area contributed by atoms with Crippen LogP contribution in [0.2, 0.25) is 0 Å². The van der Waals surface area contributed by atoms with Crippen LogP contribution in [-0.4, -0.2) is 34.7 Å². The highest BCUT2D eigenvalue weighted by molar-refractivity contribution is 7.89. The molecule has 0 saturated heterocycles. The summed E-state index contributed by atoms with van der Waals surface area (Å²) in [5, 5.41) is 0. The summed E-state index contributed by atoms with van der Waals surface area (Å²) in [6, 6.07) is 6.50. The van der Waals surface area contributed by atoms with Crippen molar-refractivity contribution in [3.8, 4) is 11.8 Å². The van der Waals surface area contributed by atoms with Gasteiger partial charge in [-0.1, -0.05) is 17.9 Å². The molecule has 1 aliphatic carbocycles. The fourth-order valence-corrected chi connectivity index (χ4v) is 2.82. The fraction of sp³-hybridized carbons (Fsp3) is 0.467. The van der Waals surface area contributed by atoms with Crippen LogP contribution in [0, 0.1) is 17.8 Å². The van der Waals surface area contributed by atoms with Gasteiger partial charge in [-0.25, -0.2) is 13.1 Å². The van der Waals surface area contributed by atoms with Crippen LogP contribution in [0.3, 0.4) is 0 Å². The van der Waals surface area contributed by atoms with Crippen LogP contribution in [0.1, 0.15) is 18.4 Å². The number of hydrogen-bond acceptors (Lipinski definition) is 4. The van der Waals surface area contributed by atoms with E-state index in [1.165, 1.54) is 18.9 Å². The van der Waals surface area contributed by atoms with Gasteiger partial charge in [-0.05, 0) is 37.0 Å². The second-order valence-corrected chi connectivity index (χ2v) is 6.72. The van der Waals surface area contributed by atoms with Crippen LogP contribution in [0.25, 0.3) is 0 Å². The zero-order valence-corrected chi connectivity index (χ0v) is 12.7. The third kappa shape index (κ3) is 5.48. The summed E-state index contributed by atoms with van der Waals surface area (Å²) in [5.74, 6) is 6.20. The molecule has 1 aromatic rings. The molecule has 0 unspecified atom stereocenters. The maximum atomic E-state index is 12.1. The molecule has 5 nitrogen and oxygen atoms in total. The number of nitrogens with two attached hydrogens (primary N) is 1. The van der Waals surface area contributed by atoms with Crippen LogP contribution < -0.4 is 10.5 Å². The van der Waals surface area contributed by atoms with Gasteiger partial charge in [0.1, 0.15) is 0 Å². The molecule has 0 spiro atoms. The van der Waals surface area contributed by atoms with Gasteiger partial charge in [0.05, 0.1) is 18.0 Å². The largest absolute Gasteiger partial charge is 0.380 e. The van der Waals surface area contributed by atoms with Gasteiger partial charge in [-0.15, -0.1) is 0 Å². The van der Waals surface area contributed by atoms with Crippen molar-refractivity contribution >= 4 is 10.0 Å². The van der Waals surface area contributed by atoms with Gasteiger partial charge in [-0.3, -0.25) is 0 Å². The van der Waals surface area contributed by atoms with E-state index in [-0.39, 0.29) is 18.0 Å². The van der Waals surface area contributed by atoms with E-state index in [9.17, 15) is 8.42 Å². The lowest BCUT2D eigenvalue weighted by Gasteiger charge is -2.07. The van der Waals surface area contributed by atoms with Gasteiger partial charge in [0, 0.05) is 18.7 Å². The zero-order chi connectivity index (χ0) is 15.1. The Morgan fingerprint density at radius 2 is 2.19 bits per heavy atom. The maximum Gasteiger partial charge on any atom is 0.240 e. The minimum atomic E-state index is -3.52. The Kier molecular flexibility index (Phi) is 5.76. The second-order valence-electron chi connectivity index (χ2n) is 4.95. The smallest absolute Gasteiger partial charge is 0.240 e. The molecular formula is C15H20N2O3S. The molecule has 3 N–H and O–H groups in total. The summed E-state index contributed by atoms with van der Waals surface area (Å²) in [7, 11) is -3.52. The lowest BCUT2D eigenvalue weighted by atomic mass is 10.2. The molecule has 0 amide bonds. The minimum Gasteiger partial charge on any atom is -0.380 e. The first kappa shape index (κ1) is 16.0. The molecule has 1 aromatic carbocycles. The molecule has 21 heavy (non-hydrogen) atoms. The molecular weight excluding hydrogens is 288 g/mol. The van der Waals surface area contributed by atoms with Gasteiger partial charge in [0.2, 0.25) is 10.0 Å². The number of sulfonamides is 1. The second kappa shape index (κ2) is 7.57. The summed E-state index contributed by atoms with van der Waals surface area (Å²) in [5.41, 5.74) is 5.93. The Morgan fingerprint density at radius 3 is 2.90 bits per heavy atom. The van der Waals surface area contributed by atoms with Crippen LogP contribution >= 0.6 is 0 Å². The van der Waals surface area contributed by atoms with Crippen molar-refractivity contribution in [3.05, 3.63) is 29.8 Å². The molecule has 0 radical (unpaired) electrons. The van der Waals surface area contributed by atoms with Crippen molar-refractivity contribution in [2.24, 2.45) is 11.7 Å². The third-order valence-electron chi connectivity index (χ3n) is 3.07. The van der Waals surface area contributed by atoms with Crippen molar-refractivity contribution in [1.82, 2.24) is 4.72 Å². The lowest BCUT2D eigenvalue weighted by molar-refractivity contribution is 0.129. The topological polar surface area (TPSA) is 81.4 Å². The normalized spacial score (nSPS) is 14.5. The van der Waals surface area contributed by atoms with E-state index in [0.717, 1.165) is 6.61 Å². The van der Waals surface area contributed by atoms with E-state index in [1.807, 2.05) is 0 Å². The number of ether oxygens (including phenoxy) is 1. The van der Waals surface area contributed by atoms with Crippen LogP contribution in [0.5, 0.6) is 0 Å². The third-order valence-corrected chi connectivity index (χ3v) is 4.53. The Balaban J connectivity index is 1.88. The fourth-order valence-electron chi connectivity index (χ4n) is 1.76. The maximum absolute atomic E-state index is 12.1. The number of benzene rings is 1. The van der Waals surface area contributed by atoms with Gasteiger partial charge in [0.25, 0.3) is 0 Å². The molecule has 1 fully saturated rings. The van der Waals surface area contributed by atoms with Crippen molar-refractivity contribution < 1.29 is 13.2 Å². The molecule has 0 atom stereocenters. The first-order valence-corrected chi connectivity index (χ1v) is 8.46. The highest BCUT2D eigenvalue weighted by atomic mass is 32.2. The van der Waals surface area contributed by atoms with E-state index in [4.69, 9.17) is 10.5 Å². The quantitative estimate of drug-likeness (QED) is 0.574. The molecule has 0 aliphatic heterocycles. The molecule has 0 heterocycles. The van der Waals surface area contributed by atoms with Gasteiger partial charge in [-0.2, -0.15) is 0 Å². The average Bonchev–Trinajstić information content (AvgIpc) is 3.29. The lowest BCUT2D eigenvalue weighted by Crippen LogP contribution is -2.27. The first-order valence-electron chi connectivity index (χ1n) is 6.98.